The van der Waals surface area contributed by atoms with Crippen LogP contribution in [0.2, 0.25) is 0 Å². The van der Waals surface area contributed by atoms with E-state index in [4.69, 9.17) is 9.78 Å². The minimum absolute atomic E-state index is 0.626. The van der Waals surface area contributed by atoms with Crippen molar-refractivity contribution in [2.75, 3.05) is 0 Å². The summed E-state index contributed by atoms with van der Waals surface area (Å²) in [6, 6.07) is 5.68. The van der Waals surface area contributed by atoms with Gasteiger partial charge in [0.05, 0.1) is 17.8 Å². The number of hydrogen-bond donors (Lipinski definition) is 0. The Morgan fingerprint density at radius 2 is 2.38 bits per heavy atom. The summed E-state index contributed by atoms with van der Waals surface area (Å²) in [7, 11) is 0. The molecule has 0 atom stereocenters. The molecule has 0 spiro atoms. The van der Waals surface area contributed by atoms with Crippen molar-refractivity contribution >= 4 is 11.0 Å². The summed E-state index contributed by atoms with van der Waals surface area (Å²) in [5, 5.41) is 13.4. The average Bonchev–Trinajstić information content (AvgIpc) is 2.63. The Morgan fingerprint density at radius 3 is 3.08 bits per heavy atom. The van der Waals surface area contributed by atoms with Gasteiger partial charge in [-0.1, -0.05) is 12.1 Å². The maximum Gasteiger partial charge on any atom is 0.168 e. The fourth-order valence-corrected chi connectivity index (χ4v) is 1.40. The van der Waals surface area contributed by atoms with Gasteiger partial charge in [-0.3, -0.25) is 0 Å². The Kier molecular flexibility index (Phi) is 1.75. The van der Waals surface area contributed by atoms with Crippen LogP contribution < -0.4 is 0 Å². The highest BCUT2D eigenvalue weighted by molar-refractivity contribution is 5.81. The van der Waals surface area contributed by atoms with Crippen LogP contribution in [0.25, 0.3) is 11.0 Å². The molecule has 1 heterocycles. The van der Waals surface area contributed by atoms with Gasteiger partial charge in [-0.2, -0.15) is 5.26 Å². The first kappa shape index (κ1) is 7.81. The quantitative estimate of drug-likeness (QED) is 0.662. The standard InChI is InChI=1S/C10H8N2O/c1-2-8-3-7(5-11)4-10-9(8)6-12-13-10/h3-4,6H,2H2,1H3. The van der Waals surface area contributed by atoms with Gasteiger partial charge in [-0.05, 0) is 18.1 Å². The van der Waals surface area contributed by atoms with E-state index in [9.17, 15) is 0 Å². The zero-order valence-electron chi connectivity index (χ0n) is 7.24. The lowest BCUT2D eigenvalue weighted by Gasteiger charge is -1.97. The fourth-order valence-electron chi connectivity index (χ4n) is 1.40. The first-order valence-corrected chi connectivity index (χ1v) is 4.12. The third-order valence-corrected chi connectivity index (χ3v) is 2.07. The normalized spacial score (nSPS) is 10.2. The first-order chi connectivity index (χ1) is 6.35. The molecule has 0 fully saturated rings. The van der Waals surface area contributed by atoms with E-state index in [0.717, 1.165) is 17.4 Å². The maximum atomic E-state index is 8.74. The lowest BCUT2D eigenvalue weighted by Crippen LogP contribution is -1.83. The molecule has 0 unspecified atom stereocenters. The van der Waals surface area contributed by atoms with Gasteiger partial charge in [-0.15, -0.1) is 0 Å². The highest BCUT2D eigenvalue weighted by Crippen LogP contribution is 2.20. The van der Waals surface area contributed by atoms with Gasteiger partial charge in [0.25, 0.3) is 0 Å². The number of aryl methyl sites for hydroxylation is 1. The molecule has 1 aromatic carbocycles. The molecule has 3 heteroatoms. The topological polar surface area (TPSA) is 49.8 Å². The summed E-state index contributed by atoms with van der Waals surface area (Å²) >= 11 is 0. The summed E-state index contributed by atoms with van der Waals surface area (Å²) in [6.45, 7) is 2.04. The van der Waals surface area contributed by atoms with Gasteiger partial charge < -0.3 is 4.52 Å². The van der Waals surface area contributed by atoms with E-state index in [2.05, 4.69) is 11.2 Å². The highest BCUT2D eigenvalue weighted by Gasteiger charge is 2.05. The van der Waals surface area contributed by atoms with Crippen molar-refractivity contribution in [3.05, 3.63) is 29.5 Å². The maximum absolute atomic E-state index is 8.74. The molecule has 0 bridgehead atoms. The summed E-state index contributed by atoms with van der Waals surface area (Å²) in [5.41, 5.74) is 2.42. The molecule has 0 N–H and O–H groups in total. The van der Waals surface area contributed by atoms with Crippen LogP contribution >= 0.6 is 0 Å². The lowest BCUT2D eigenvalue weighted by molar-refractivity contribution is 0.456. The molecule has 0 aliphatic rings. The minimum Gasteiger partial charge on any atom is -0.356 e. The SMILES string of the molecule is CCc1cc(C#N)cc2oncc12. The van der Waals surface area contributed by atoms with Crippen LogP contribution in [0.5, 0.6) is 0 Å². The number of rotatable bonds is 1. The Hall–Kier alpha value is -1.82. The predicted molar refractivity (Wildman–Crippen MR) is 48.1 cm³/mol. The number of fused-ring (bicyclic) bond motifs is 1. The van der Waals surface area contributed by atoms with Gasteiger partial charge in [0.2, 0.25) is 0 Å². The largest absolute Gasteiger partial charge is 0.356 e. The zero-order valence-corrected chi connectivity index (χ0v) is 7.24. The molecule has 0 saturated carbocycles. The third-order valence-electron chi connectivity index (χ3n) is 2.07. The van der Waals surface area contributed by atoms with Crippen molar-refractivity contribution in [1.29, 1.82) is 5.26 Å². The van der Waals surface area contributed by atoms with Gasteiger partial charge in [-0.25, -0.2) is 0 Å². The van der Waals surface area contributed by atoms with Crippen molar-refractivity contribution < 1.29 is 4.52 Å². The summed E-state index contributed by atoms with van der Waals surface area (Å²) < 4.78 is 5.00. The van der Waals surface area contributed by atoms with Crippen molar-refractivity contribution in [3.8, 4) is 6.07 Å². The van der Waals surface area contributed by atoms with Crippen LogP contribution in [-0.2, 0) is 6.42 Å². The summed E-state index contributed by atoms with van der Waals surface area (Å²) in [5.74, 6) is 0. The number of hydrogen-bond acceptors (Lipinski definition) is 3. The van der Waals surface area contributed by atoms with Crippen molar-refractivity contribution in [2.24, 2.45) is 0 Å². The van der Waals surface area contributed by atoms with Crippen LogP contribution in [0.3, 0.4) is 0 Å². The molecular formula is C10H8N2O. The number of benzene rings is 1. The Bertz CT molecular complexity index is 479. The second-order valence-corrected chi connectivity index (χ2v) is 2.84. The van der Waals surface area contributed by atoms with Gasteiger partial charge in [0, 0.05) is 11.5 Å². The number of nitrogens with zero attached hydrogens (tertiary/aromatic N) is 2. The molecular weight excluding hydrogens is 164 g/mol. The van der Waals surface area contributed by atoms with Gasteiger partial charge in [0.15, 0.2) is 5.58 Å². The zero-order chi connectivity index (χ0) is 9.26. The van der Waals surface area contributed by atoms with E-state index in [1.54, 1.807) is 12.3 Å². The monoisotopic (exact) mass is 172 g/mol. The Balaban J connectivity index is 2.79. The fraction of sp³-hybridized carbons (Fsp3) is 0.200. The molecule has 3 nitrogen and oxygen atoms in total. The molecule has 0 radical (unpaired) electrons. The lowest BCUT2D eigenvalue weighted by atomic mass is 10.1. The van der Waals surface area contributed by atoms with Crippen molar-refractivity contribution in [2.45, 2.75) is 13.3 Å². The molecule has 2 aromatic rings. The minimum atomic E-state index is 0.626. The second kappa shape index (κ2) is 2.91. The van der Waals surface area contributed by atoms with E-state index in [0.29, 0.717) is 11.1 Å². The first-order valence-electron chi connectivity index (χ1n) is 4.12. The van der Waals surface area contributed by atoms with E-state index >= 15 is 0 Å². The molecule has 13 heavy (non-hydrogen) atoms. The highest BCUT2D eigenvalue weighted by atomic mass is 16.5. The molecule has 64 valence electrons. The van der Waals surface area contributed by atoms with Crippen LogP contribution in [0, 0.1) is 11.3 Å². The van der Waals surface area contributed by atoms with E-state index in [1.165, 1.54) is 0 Å². The van der Waals surface area contributed by atoms with Crippen molar-refractivity contribution in [3.63, 3.8) is 0 Å². The van der Waals surface area contributed by atoms with Gasteiger partial charge in [0.1, 0.15) is 0 Å². The molecule has 1 aromatic heterocycles. The van der Waals surface area contributed by atoms with E-state index in [-0.39, 0.29) is 0 Å². The van der Waals surface area contributed by atoms with Crippen LogP contribution in [0.1, 0.15) is 18.1 Å². The number of aromatic nitrogens is 1. The van der Waals surface area contributed by atoms with Gasteiger partial charge >= 0.3 is 0 Å². The Labute approximate surface area is 75.6 Å². The van der Waals surface area contributed by atoms with E-state index in [1.807, 2.05) is 13.0 Å². The molecule has 0 aliphatic carbocycles. The van der Waals surface area contributed by atoms with E-state index < -0.39 is 0 Å². The Morgan fingerprint density at radius 1 is 1.54 bits per heavy atom. The second-order valence-electron chi connectivity index (χ2n) is 2.84. The average molecular weight is 172 g/mol. The summed E-state index contributed by atoms with van der Waals surface area (Å²) in [4.78, 5) is 0. The third kappa shape index (κ3) is 1.17. The molecule has 2 rings (SSSR count). The number of nitriles is 1. The smallest absolute Gasteiger partial charge is 0.168 e. The van der Waals surface area contributed by atoms with Crippen LogP contribution in [0.4, 0.5) is 0 Å². The predicted octanol–water partition coefficient (Wildman–Crippen LogP) is 2.26. The van der Waals surface area contributed by atoms with Crippen LogP contribution in [0.15, 0.2) is 22.9 Å². The van der Waals surface area contributed by atoms with Crippen LogP contribution in [-0.4, -0.2) is 5.16 Å². The molecule has 0 saturated heterocycles. The van der Waals surface area contributed by atoms with Crippen molar-refractivity contribution in [1.82, 2.24) is 5.16 Å². The summed E-state index contributed by atoms with van der Waals surface area (Å²) in [6.07, 6.45) is 2.57. The molecule has 0 amide bonds. The molecule has 0 aliphatic heterocycles.